The van der Waals surface area contributed by atoms with Crippen molar-refractivity contribution in [2.75, 3.05) is 0 Å². The van der Waals surface area contributed by atoms with Crippen LogP contribution in [0, 0.1) is 0 Å². The summed E-state index contributed by atoms with van der Waals surface area (Å²) in [5.41, 5.74) is 1.03. The van der Waals surface area contributed by atoms with Crippen LogP contribution in [0.25, 0.3) is 0 Å². The minimum absolute atomic E-state index is 0.412. The lowest BCUT2D eigenvalue weighted by Crippen LogP contribution is -2.19. The van der Waals surface area contributed by atoms with Gasteiger partial charge in [-0.05, 0) is 6.07 Å². The highest BCUT2D eigenvalue weighted by Gasteiger charge is 2.26. The average molecular weight is 190 g/mol. The maximum absolute atomic E-state index is 11.2. The molecule has 1 aromatic carbocycles. The largest absolute Gasteiger partial charge is 0.373 e. The fourth-order valence-corrected chi connectivity index (χ4v) is 1.30. The topological polar surface area (TPSA) is 52.6 Å². The standard InChI is InChI=1S/C10H6O4/c11-6-5-9-7-3-1-2-4-8(7)10(12)14-13-9/h1-5,9H. The Balaban J connectivity index is 2.51. The van der Waals surface area contributed by atoms with Crippen molar-refractivity contribution >= 4 is 11.9 Å². The summed E-state index contributed by atoms with van der Waals surface area (Å²) in [5, 5.41) is 0. The average Bonchev–Trinajstić information content (AvgIpc) is 2.23. The summed E-state index contributed by atoms with van der Waals surface area (Å²) in [6.45, 7) is 0. The quantitative estimate of drug-likeness (QED) is 0.493. The Bertz CT molecular complexity index is 418. The fourth-order valence-electron chi connectivity index (χ4n) is 1.30. The highest BCUT2D eigenvalue weighted by molar-refractivity contribution is 5.91. The smallest absolute Gasteiger partial charge is 0.292 e. The molecule has 0 N–H and O–H groups in total. The molecule has 1 aromatic rings. The molecule has 0 fully saturated rings. The Morgan fingerprint density at radius 2 is 2.14 bits per heavy atom. The number of rotatable bonds is 1. The zero-order valence-electron chi connectivity index (χ0n) is 7.10. The monoisotopic (exact) mass is 190 g/mol. The number of fused-ring (bicyclic) bond motifs is 1. The van der Waals surface area contributed by atoms with E-state index in [1.165, 1.54) is 0 Å². The van der Waals surface area contributed by atoms with E-state index in [2.05, 4.69) is 9.78 Å². The van der Waals surface area contributed by atoms with Gasteiger partial charge in [-0.2, -0.15) is 4.89 Å². The Labute approximate surface area is 79.7 Å². The lowest BCUT2D eigenvalue weighted by atomic mass is 10.0. The molecule has 0 radical (unpaired) electrons. The summed E-state index contributed by atoms with van der Waals surface area (Å²) < 4.78 is 0. The van der Waals surface area contributed by atoms with Crippen LogP contribution >= 0.6 is 0 Å². The molecular weight excluding hydrogens is 184 g/mol. The van der Waals surface area contributed by atoms with Crippen molar-refractivity contribution < 1.29 is 19.4 Å². The first-order chi connectivity index (χ1) is 6.83. The first-order valence-electron chi connectivity index (χ1n) is 4.00. The van der Waals surface area contributed by atoms with Gasteiger partial charge in [-0.1, -0.05) is 18.2 Å². The van der Waals surface area contributed by atoms with Gasteiger partial charge in [0, 0.05) is 11.6 Å². The Hall–Kier alpha value is -1.90. The van der Waals surface area contributed by atoms with Gasteiger partial charge >= 0.3 is 5.97 Å². The number of carbonyl (C=O) groups excluding carboxylic acids is 2. The third-order valence-corrected chi connectivity index (χ3v) is 1.93. The van der Waals surface area contributed by atoms with E-state index in [9.17, 15) is 9.59 Å². The summed E-state index contributed by atoms with van der Waals surface area (Å²) in [6.07, 6.45) is 0.507. The molecule has 4 heteroatoms. The number of hydrogen-bond donors (Lipinski definition) is 0. The van der Waals surface area contributed by atoms with Gasteiger partial charge in [0.1, 0.15) is 5.94 Å². The molecule has 0 saturated carbocycles. The van der Waals surface area contributed by atoms with Crippen LogP contribution in [0.5, 0.6) is 0 Å². The summed E-state index contributed by atoms with van der Waals surface area (Å²) in [6, 6.07) is 6.79. The third kappa shape index (κ3) is 1.33. The van der Waals surface area contributed by atoms with Crippen molar-refractivity contribution in [3.8, 4) is 0 Å². The van der Waals surface area contributed by atoms with E-state index in [1.54, 1.807) is 30.2 Å². The highest BCUT2D eigenvalue weighted by Crippen LogP contribution is 2.27. The second-order valence-electron chi connectivity index (χ2n) is 2.76. The first-order valence-corrected chi connectivity index (χ1v) is 4.00. The Morgan fingerprint density at radius 3 is 2.93 bits per heavy atom. The molecular formula is C10H6O4. The maximum Gasteiger partial charge on any atom is 0.373 e. The highest BCUT2D eigenvalue weighted by atomic mass is 17.2. The SMILES string of the molecule is O=C=CC1OOC(=O)c2ccccc21. The molecule has 70 valence electrons. The van der Waals surface area contributed by atoms with E-state index in [0.29, 0.717) is 11.1 Å². The van der Waals surface area contributed by atoms with Crippen LogP contribution in [-0.2, 0) is 14.6 Å². The van der Waals surface area contributed by atoms with Crippen molar-refractivity contribution in [2.45, 2.75) is 6.10 Å². The molecule has 4 nitrogen and oxygen atoms in total. The van der Waals surface area contributed by atoms with E-state index < -0.39 is 12.1 Å². The van der Waals surface area contributed by atoms with Crippen LogP contribution in [0.1, 0.15) is 22.0 Å². The molecule has 0 amide bonds. The summed E-state index contributed by atoms with van der Waals surface area (Å²) in [5.74, 6) is 1.06. The van der Waals surface area contributed by atoms with Crippen LogP contribution in [0.4, 0.5) is 0 Å². The van der Waals surface area contributed by atoms with Crippen molar-refractivity contribution in [3.63, 3.8) is 0 Å². The fraction of sp³-hybridized carbons (Fsp3) is 0.100. The second kappa shape index (κ2) is 3.46. The van der Waals surface area contributed by atoms with Crippen LogP contribution in [0.3, 0.4) is 0 Å². The summed E-state index contributed by atoms with van der Waals surface area (Å²) >= 11 is 0. The van der Waals surface area contributed by atoms with Crippen molar-refractivity contribution in [1.29, 1.82) is 0 Å². The van der Waals surface area contributed by atoms with E-state index in [4.69, 9.17) is 0 Å². The van der Waals surface area contributed by atoms with E-state index >= 15 is 0 Å². The van der Waals surface area contributed by atoms with Gasteiger partial charge < -0.3 is 0 Å². The van der Waals surface area contributed by atoms with Gasteiger partial charge in [0.15, 0.2) is 6.10 Å². The Kier molecular flexibility index (Phi) is 2.14. The van der Waals surface area contributed by atoms with Gasteiger partial charge in [-0.25, -0.2) is 9.59 Å². The summed E-state index contributed by atoms with van der Waals surface area (Å²) in [7, 11) is 0. The normalized spacial score (nSPS) is 19.1. The zero-order valence-corrected chi connectivity index (χ0v) is 7.10. The molecule has 1 aliphatic heterocycles. The minimum atomic E-state index is -0.651. The van der Waals surface area contributed by atoms with Crippen LogP contribution in [0.2, 0.25) is 0 Å². The predicted octanol–water partition coefficient (Wildman–Crippen LogP) is 1.22. The number of hydrogen-bond acceptors (Lipinski definition) is 4. The van der Waals surface area contributed by atoms with Gasteiger partial charge in [-0.3, -0.25) is 4.89 Å². The van der Waals surface area contributed by atoms with Gasteiger partial charge in [0.25, 0.3) is 0 Å². The van der Waals surface area contributed by atoms with Gasteiger partial charge in [-0.15, -0.1) is 0 Å². The third-order valence-electron chi connectivity index (χ3n) is 1.93. The molecule has 1 heterocycles. The molecule has 1 atom stereocenters. The molecule has 0 aliphatic carbocycles. The molecule has 1 unspecified atom stereocenters. The zero-order chi connectivity index (χ0) is 9.97. The van der Waals surface area contributed by atoms with E-state index in [-0.39, 0.29) is 0 Å². The second-order valence-corrected chi connectivity index (χ2v) is 2.76. The minimum Gasteiger partial charge on any atom is -0.292 e. The molecule has 0 spiro atoms. The van der Waals surface area contributed by atoms with E-state index in [0.717, 1.165) is 6.08 Å². The predicted molar refractivity (Wildman–Crippen MR) is 45.9 cm³/mol. The van der Waals surface area contributed by atoms with Crippen LogP contribution in [-0.4, -0.2) is 11.9 Å². The maximum atomic E-state index is 11.2. The first kappa shape index (κ1) is 8.69. The lowest BCUT2D eigenvalue weighted by Gasteiger charge is -2.19. The number of benzene rings is 1. The number of carbonyl (C=O) groups is 1. The van der Waals surface area contributed by atoms with Crippen LogP contribution in [0.15, 0.2) is 30.3 Å². The molecule has 1 aliphatic rings. The van der Waals surface area contributed by atoms with E-state index in [1.807, 2.05) is 0 Å². The molecule has 0 aromatic heterocycles. The molecule has 0 saturated heterocycles. The Morgan fingerprint density at radius 1 is 1.36 bits per heavy atom. The van der Waals surface area contributed by atoms with Crippen molar-refractivity contribution in [2.24, 2.45) is 0 Å². The lowest BCUT2D eigenvalue weighted by molar-refractivity contribution is -0.271. The molecule has 14 heavy (non-hydrogen) atoms. The van der Waals surface area contributed by atoms with Crippen LogP contribution < -0.4 is 0 Å². The molecule has 2 rings (SSSR count). The van der Waals surface area contributed by atoms with Crippen molar-refractivity contribution in [1.82, 2.24) is 0 Å². The van der Waals surface area contributed by atoms with Gasteiger partial charge in [0.05, 0.1) is 5.56 Å². The molecule has 0 bridgehead atoms. The van der Waals surface area contributed by atoms with Crippen molar-refractivity contribution in [3.05, 3.63) is 41.5 Å². The summed E-state index contributed by atoms with van der Waals surface area (Å²) in [4.78, 5) is 30.4. The van der Waals surface area contributed by atoms with Gasteiger partial charge in [0.2, 0.25) is 0 Å².